The largest absolute Gasteiger partial charge is 0.480 e. The highest BCUT2D eigenvalue weighted by atomic mass is 16.6. The fraction of sp³-hybridized carbons (Fsp3) is 0.588. The minimum Gasteiger partial charge on any atom is -0.480 e. The van der Waals surface area contributed by atoms with Crippen LogP contribution in [-0.4, -0.2) is 53.9 Å². The van der Waals surface area contributed by atoms with Crippen LogP contribution in [0.5, 0.6) is 11.9 Å². The van der Waals surface area contributed by atoms with Crippen molar-refractivity contribution in [3.63, 3.8) is 0 Å². The molecule has 1 rings (SSSR count). The van der Waals surface area contributed by atoms with E-state index in [2.05, 4.69) is 9.97 Å². The van der Waals surface area contributed by atoms with E-state index >= 15 is 0 Å². The van der Waals surface area contributed by atoms with Gasteiger partial charge in [0.15, 0.2) is 0 Å². The molecule has 0 aliphatic heterocycles. The van der Waals surface area contributed by atoms with Crippen molar-refractivity contribution >= 4 is 12.2 Å². The fourth-order valence-electron chi connectivity index (χ4n) is 1.80. The van der Waals surface area contributed by atoms with Gasteiger partial charge in [-0.05, 0) is 34.1 Å². The number of amides is 1. The standard InChI is InChI=1S/C17H27N3O4/c1-12(20(5)16(21)24-17(2,3)4)9-8-10-13-11-18-15(23-7)19-14(13)22-6/h8,10-12H,9H2,1-7H3/t12-/m0/s1. The van der Waals surface area contributed by atoms with Gasteiger partial charge in [-0.25, -0.2) is 9.78 Å². The second kappa shape index (κ2) is 8.52. The Hall–Kier alpha value is -2.31. The highest BCUT2D eigenvalue weighted by molar-refractivity contribution is 5.68. The molecule has 0 saturated heterocycles. The summed E-state index contributed by atoms with van der Waals surface area (Å²) >= 11 is 0. The molecular formula is C17H27N3O4. The Morgan fingerprint density at radius 3 is 2.54 bits per heavy atom. The zero-order valence-electron chi connectivity index (χ0n) is 15.5. The number of nitrogens with zero attached hydrogens (tertiary/aromatic N) is 3. The number of methoxy groups -OCH3 is 2. The molecule has 7 heteroatoms. The van der Waals surface area contributed by atoms with Crippen LogP contribution in [-0.2, 0) is 4.74 Å². The fourth-order valence-corrected chi connectivity index (χ4v) is 1.80. The molecule has 0 unspecified atom stereocenters. The summed E-state index contributed by atoms with van der Waals surface area (Å²) in [5, 5.41) is 0. The number of ether oxygens (including phenoxy) is 3. The maximum absolute atomic E-state index is 12.0. The van der Waals surface area contributed by atoms with Crippen LogP contribution in [0.15, 0.2) is 12.3 Å². The van der Waals surface area contributed by atoms with Crippen molar-refractivity contribution in [1.82, 2.24) is 14.9 Å². The van der Waals surface area contributed by atoms with Crippen molar-refractivity contribution < 1.29 is 19.0 Å². The number of hydrogen-bond donors (Lipinski definition) is 0. The molecule has 7 nitrogen and oxygen atoms in total. The van der Waals surface area contributed by atoms with E-state index in [0.717, 1.165) is 5.56 Å². The number of rotatable bonds is 6. The Morgan fingerprint density at radius 1 is 1.33 bits per heavy atom. The van der Waals surface area contributed by atoms with E-state index in [1.165, 1.54) is 14.2 Å². The zero-order chi connectivity index (χ0) is 18.3. The quantitative estimate of drug-likeness (QED) is 0.794. The molecule has 0 aromatic carbocycles. The number of carbonyl (C=O) groups is 1. The van der Waals surface area contributed by atoms with Crippen LogP contribution in [0.2, 0.25) is 0 Å². The minimum atomic E-state index is -0.505. The number of aromatic nitrogens is 2. The predicted octanol–water partition coefficient (Wildman–Crippen LogP) is 3.15. The summed E-state index contributed by atoms with van der Waals surface area (Å²) in [6.45, 7) is 7.49. The van der Waals surface area contributed by atoms with Crippen molar-refractivity contribution in [3.05, 3.63) is 17.8 Å². The SMILES string of the molecule is COc1ncc(C=CC[C@H](C)N(C)C(=O)OC(C)(C)C)c(OC)n1. The first-order valence-electron chi connectivity index (χ1n) is 7.75. The Bertz CT molecular complexity index is 582. The van der Waals surface area contributed by atoms with Gasteiger partial charge in [0.25, 0.3) is 0 Å². The van der Waals surface area contributed by atoms with E-state index in [0.29, 0.717) is 12.3 Å². The summed E-state index contributed by atoms with van der Waals surface area (Å²) in [6, 6.07) is 0.239. The summed E-state index contributed by atoms with van der Waals surface area (Å²) in [6.07, 6.45) is 5.75. The number of hydrogen-bond acceptors (Lipinski definition) is 6. The second-order valence-corrected chi connectivity index (χ2v) is 6.40. The molecule has 0 spiro atoms. The van der Waals surface area contributed by atoms with Gasteiger partial charge in [-0.3, -0.25) is 0 Å². The van der Waals surface area contributed by atoms with E-state index in [4.69, 9.17) is 14.2 Å². The Kier molecular flexibility index (Phi) is 7.00. The summed E-state index contributed by atoms with van der Waals surface area (Å²) < 4.78 is 15.5. The molecule has 1 aromatic rings. The van der Waals surface area contributed by atoms with Crippen LogP contribution in [0.25, 0.3) is 6.08 Å². The average molecular weight is 337 g/mol. The molecule has 1 amide bonds. The minimum absolute atomic E-state index is 0.0127. The molecule has 1 atom stereocenters. The van der Waals surface area contributed by atoms with Gasteiger partial charge in [-0.2, -0.15) is 4.98 Å². The highest BCUT2D eigenvalue weighted by Crippen LogP contribution is 2.19. The monoisotopic (exact) mass is 337 g/mol. The van der Waals surface area contributed by atoms with Gasteiger partial charge in [-0.15, -0.1) is 0 Å². The predicted molar refractivity (Wildman–Crippen MR) is 92.2 cm³/mol. The van der Waals surface area contributed by atoms with Crippen molar-refractivity contribution in [2.75, 3.05) is 21.3 Å². The van der Waals surface area contributed by atoms with Gasteiger partial charge in [0.1, 0.15) is 5.60 Å². The van der Waals surface area contributed by atoms with Crippen LogP contribution in [0.1, 0.15) is 39.7 Å². The van der Waals surface area contributed by atoms with E-state index in [1.54, 1.807) is 18.1 Å². The van der Waals surface area contributed by atoms with Crippen LogP contribution < -0.4 is 9.47 Å². The molecule has 0 radical (unpaired) electrons. The molecule has 1 heterocycles. The Balaban J connectivity index is 2.68. The zero-order valence-corrected chi connectivity index (χ0v) is 15.5. The first kappa shape index (κ1) is 19.7. The van der Waals surface area contributed by atoms with Crippen LogP contribution in [0, 0.1) is 0 Å². The third-order valence-corrected chi connectivity index (χ3v) is 3.25. The van der Waals surface area contributed by atoms with Crippen LogP contribution >= 0.6 is 0 Å². The molecule has 134 valence electrons. The van der Waals surface area contributed by atoms with Gasteiger partial charge in [0.2, 0.25) is 5.88 Å². The van der Waals surface area contributed by atoms with Crippen molar-refractivity contribution in [3.8, 4) is 11.9 Å². The van der Waals surface area contributed by atoms with Crippen LogP contribution in [0.3, 0.4) is 0 Å². The van der Waals surface area contributed by atoms with E-state index in [9.17, 15) is 4.79 Å². The van der Waals surface area contributed by atoms with Crippen molar-refractivity contribution in [2.24, 2.45) is 0 Å². The topological polar surface area (TPSA) is 73.8 Å². The highest BCUT2D eigenvalue weighted by Gasteiger charge is 2.22. The van der Waals surface area contributed by atoms with E-state index in [-0.39, 0.29) is 18.1 Å². The maximum Gasteiger partial charge on any atom is 0.410 e. The van der Waals surface area contributed by atoms with E-state index in [1.807, 2.05) is 39.8 Å². The maximum atomic E-state index is 12.0. The lowest BCUT2D eigenvalue weighted by atomic mass is 10.2. The molecule has 0 bridgehead atoms. The van der Waals surface area contributed by atoms with Gasteiger partial charge < -0.3 is 19.1 Å². The molecular weight excluding hydrogens is 310 g/mol. The first-order valence-corrected chi connectivity index (χ1v) is 7.75. The first-order chi connectivity index (χ1) is 11.2. The third-order valence-electron chi connectivity index (χ3n) is 3.25. The van der Waals surface area contributed by atoms with Crippen molar-refractivity contribution in [1.29, 1.82) is 0 Å². The normalized spacial score (nSPS) is 12.8. The molecule has 0 fully saturated rings. The summed E-state index contributed by atoms with van der Waals surface area (Å²) in [4.78, 5) is 21.8. The second-order valence-electron chi connectivity index (χ2n) is 6.40. The Labute approximate surface area is 143 Å². The lowest BCUT2D eigenvalue weighted by Crippen LogP contribution is -2.39. The van der Waals surface area contributed by atoms with Gasteiger partial charge >= 0.3 is 12.1 Å². The average Bonchev–Trinajstić information content (AvgIpc) is 2.52. The third kappa shape index (κ3) is 6.06. The van der Waals surface area contributed by atoms with Gasteiger partial charge in [-0.1, -0.05) is 12.2 Å². The van der Waals surface area contributed by atoms with Crippen LogP contribution in [0.4, 0.5) is 4.79 Å². The lowest BCUT2D eigenvalue weighted by molar-refractivity contribution is 0.0238. The summed E-state index contributed by atoms with van der Waals surface area (Å²) in [7, 11) is 4.76. The lowest BCUT2D eigenvalue weighted by Gasteiger charge is -2.28. The van der Waals surface area contributed by atoms with Gasteiger partial charge in [0, 0.05) is 19.3 Å². The van der Waals surface area contributed by atoms with E-state index < -0.39 is 5.60 Å². The molecule has 1 aromatic heterocycles. The molecule has 0 aliphatic rings. The smallest absolute Gasteiger partial charge is 0.410 e. The molecule has 0 N–H and O–H groups in total. The Morgan fingerprint density at radius 2 is 2.00 bits per heavy atom. The summed E-state index contributed by atoms with van der Waals surface area (Å²) in [5.74, 6) is 0.436. The van der Waals surface area contributed by atoms with Gasteiger partial charge in [0.05, 0.1) is 19.8 Å². The molecule has 0 aliphatic carbocycles. The number of carbonyl (C=O) groups excluding carboxylic acids is 1. The molecule has 0 saturated carbocycles. The van der Waals surface area contributed by atoms with Crippen molar-refractivity contribution in [2.45, 2.75) is 45.8 Å². The molecule has 24 heavy (non-hydrogen) atoms. The summed E-state index contributed by atoms with van der Waals surface area (Å²) in [5.41, 5.74) is 0.236.